The molecular formula is C17H28N2. The first-order valence-electron chi connectivity index (χ1n) is 7.97. The predicted octanol–water partition coefficient (Wildman–Crippen LogP) is 3.87. The molecule has 1 heterocycles. The van der Waals surface area contributed by atoms with Crippen molar-refractivity contribution in [3.8, 4) is 0 Å². The largest absolute Gasteiger partial charge is 0.327 e. The van der Waals surface area contributed by atoms with Gasteiger partial charge < -0.3 is 5.73 Å². The number of nitrogens with zero attached hydrogens (tertiary/aromatic N) is 1. The highest BCUT2D eigenvalue weighted by Gasteiger charge is 2.16. The molecule has 0 radical (unpaired) electrons. The summed E-state index contributed by atoms with van der Waals surface area (Å²) in [5, 5.41) is 0. The highest BCUT2D eigenvalue weighted by atomic mass is 14.7. The highest BCUT2D eigenvalue weighted by molar-refractivity contribution is 5.14. The number of nitrogens with two attached hydrogens (primary N) is 1. The number of hydrogen-bond acceptors (Lipinski definition) is 2. The maximum atomic E-state index is 6.32. The SMILES string of the molecule is CCc1ccc(CC(N)CC2CCCCCC2)nc1. The van der Waals surface area contributed by atoms with Gasteiger partial charge in [0.15, 0.2) is 0 Å². The van der Waals surface area contributed by atoms with Crippen LogP contribution in [0.4, 0.5) is 0 Å². The van der Waals surface area contributed by atoms with Gasteiger partial charge in [-0.25, -0.2) is 0 Å². The van der Waals surface area contributed by atoms with Crippen LogP contribution in [-0.4, -0.2) is 11.0 Å². The van der Waals surface area contributed by atoms with Crippen LogP contribution in [0.2, 0.25) is 0 Å². The minimum atomic E-state index is 0.281. The summed E-state index contributed by atoms with van der Waals surface area (Å²) in [7, 11) is 0. The summed E-state index contributed by atoms with van der Waals surface area (Å²) in [6.07, 6.45) is 13.6. The van der Waals surface area contributed by atoms with Gasteiger partial charge >= 0.3 is 0 Å². The van der Waals surface area contributed by atoms with E-state index in [1.807, 2.05) is 6.20 Å². The van der Waals surface area contributed by atoms with Crippen LogP contribution in [0.25, 0.3) is 0 Å². The Morgan fingerprint density at radius 3 is 2.53 bits per heavy atom. The molecule has 1 aromatic heterocycles. The first kappa shape index (κ1) is 14.5. The molecule has 1 aliphatic carbocycles. The average Bonchev–Trinajstić information content (AvgIpc) is 2.68. The lowest BCUT2D eigenvalue weighted by molar-refractivity contribution is 0.386. The molecule has 1 saturated carbocycles. The van der Waals surface area contributed by atoms with Gasteiger partial charge in [-0.3, -0.25) is 4.98 Å². The molecule has 106 valence electrons. The maximum Gasteiger partial charge on any atom is 0.0419 e. The van der Waals surface area contributed by atoms with E-state index >= 15 is 0 Å². The van der Waals surface area contributed by atoms with E-state index in [1.165, 1.54) is 50.5 Å². The fourth-order valence-corrected chi connectivity index (χ4v) is 3.16. The topological polar surface area (TPSA) is 38.9 Å². The lowest BCUT2D eigenvalue weighted by Gasteiger charge is -2.19. The van der Waals surface area contributed by atoms with Crippen molar-refractivity contribution < 1.29 is 0 Å². The second-order valence-corrected chi connectivity index (χ2v) is 6.07. The van der Waals surface area contributed by atoms with Gasteiger partial charge in [-0.2, -0.15) is 0 Å². The van der Waals surface area contributed by atoms with Crippen LogP contribution in [0.1, 0.15) is 63.1 Å². The molecule has 2 rings (SSSR count). The molecule has 2 nitrogen and oxygen atoms in total. The van der Waals surface area contributed by atoms with Crippen LogP contribution in [-0.2, 0) is 12.8 Å². The third kappa shape index (κ3) is 4.94. The molecule has 1 unspecified atom stereocenters. The summed E-state index contributed by atoms with van der Waals surface area (Å²) < 4.78 is 0. The first-order chi connectivity index (χ1) is 9.28. The zero-order valence-electron chi connectivity index (χ0n) is 12.3. The van der Waals surface area contributed by atoms with Crippen LogP contribution in [0.3, 0.4) is 0 Å². The van der Waals surface area contributed by atoms with Crippen molar-refractivity contribution in [3.63, 3.8) is 0 Å². The summed E-state index contributed by atoms with van der Waals surface area (Å²) in [6.45, 7) is 2.16. The molecule has 0 saturated heterocycles. The van der Waals surface area contributed by atoms with Crippen LogP contribution >= 0.6 is 0 Å². The maximum absolute atomic E-state index is 6.32. The van der Waals surface area contributed by atoms with Crippen molar-refractivity contribution in [2.45, 2.75) is 70.8 Å². The number of aryl methyl sites for hydroxylation is 1. The van der Waals surface area contributed by atoms with Gasteiger partial charge in [0.1, 0.15) is 0 Å². The highest BCUT2D eigenvalue weighted by Crippen LogP contribution is 2.26. The van der Waals surface area contributed by atoms with E-state index in [-0.39, 0.29) is 6.04 Å². The Hall–Kier alpha value is -0.890. The van der Waals surface area contributed by atoms with Crippen molar-refractivity contribution in [2.75, 3.05) is 0 Å². The van der Waals surface area contributed by atoms with Gasteiger partial charge in [-0.05, 0) is 30.4 Å². The summed E-state index contributed by atoms with van der Waals surface area (Å²) in [5.41, 5.74) is 8.78. The molecule has 2 heteroatoms. The van der Waals surface area contributed by atoms with E-state index < -0.39 is 0 Å². The van der Waals surface area contributed by atoms with Gasteiger partial charge in [-0.15, -0.1) is 0 Å². The Bertz CT molecular complexity index is 350. The van der Waals surface area contributed by atoms with Crippen LogP contribution in [0.5, 0.6) is 0 Å². The lowest BCUT2D eigenvalue weighted by atomic mass is 9.91. The standard InChI is InChI=1S/C17H28N2/c1-2-14-9-10-17(19-13-14)12-16(18)11-15-7-5-3-4-6-8-15/h9-10,13,15-16H,2-8,11-12,18H2,1H3. The minimum absolute atomic E-state index is 0.281. The number of hydrogen-bond donors (Lipinski definition) is 1. The van der Waals surface area contributed by atoms with Crippen LogP contribution in [0.15, 0.2) is 18.3 Å². The van der Waals surface area contributed by atoms with Crippen LogP contribution < -0.4 is 5.73 Å². The summed E-state index contributed by atoms with van der Waals surface area (Å²) in [5.74, 6) is 0.854. The smallest absolute Gasteiger partial charge is 0.0419 e. The van der Waals surface area contributed by atoms with E-state index in [0.29, 0.717) is 0 Å². The second kappa shape index (κ2) is 7.64. The third-order valence-electron chi connectivity index (χ3n) is 4.38. The zero-order valence-corrected chi connectivity index (χ0v) is 12.3. The fraction of sp³-hybridized carbons (Fsp3) is 0.706. The number of aromatic nitrogens is 1. The molecule has 1 atom stereocenters. The van der Waals surface area contributed by atoms with Gasteiger partial charge in [-0.1, -0.05) is 51.5 Å². The number of rotatable bonds is 5. The first-order valence-corrected chi connectivity index (χ1v) is 7.97. The van der Waals surface area contributed by atoms with Crippen molar-refractivity contribution in [2.24, 2.45) is 11.7 Å². The van der Waals surface area contributed by atoms with Gasteiger partial charge in [0.05, 0.1) is 0 Å². The molecule has 0 bridgehead atoms. The van der Waals surface area contributed by atoms with E-state index in [0.717, 1.165) is 24.5 Å². The predicted molar refractivity (Wildman–Crippen MR) is 81.1 cm³/mol. The van der Waals surface area contributed by atoms with Crippen LogP contribution in [0, 0.1) is 5.92 Å². The summed E-state index contributed by atoms with van der Waals surface area (Å²) in [6, 6.07) is 4.61. The molecular weight excluding hydrogens is 232 g/mol. The lowest BCUT2D eigenvalue weighted by Crippen LogP contribution is -2.26. The quantitative estimate of drug-likeness (QED) is 0.816. The van der Waals surface area contributed by atoms with E-state index in [9.17, 15) is 0 Å². The molecule has 2 N–H and O–H groups in total. The van der Waals surface area contributed by atoms with E-state index in [2.05, 4.69) is 24.0 Å². The molecule has 1 aromatic rings. The molecule has 0 aromatic carbocycles. The Morgan fingerprint density at radius 2 is 1.95 bits per heavy atom. The fourth-order valence-electron chi connectivity index (χ4n) is 3.16. The van der Waals surface area contributed by atoms with E-state index in [1.54, 1.807) is 0 Å². The average molecular weight is 260 g/mol. The molecule has 1 aliphatic rings. The Labute approximate surface area is 117 Å². The Balaban J connectivity index is 1.80. The second-order valence-electron chi connectivity index (χ2n) is 6.07. The zero-order chi connectivity index (χ0) is 13.5. The van der Waals surface area contributed by atoms with Crippen molar-refractivity contribution in [1.29, 1.82) is 0 Å². The van der Waals surface area contributed by atoms with Crippen molar-refractivity contribution in [3.05, 3.63) is 29.6 Å². The van der Waals surface area contributed by atoms with Gasteiger partial charge in [0.25, 0.3) is 0 Å². The van der Waals surface area contributed by atoms with Gasteiger partial charge in [0, 0.05) is 24.4 Å². The molecule has 0 aliphatic heterocycles. The Morgan fingerprint density at radius 1 is 1.21 bits per heavy atom. The number of pyridine rings is 1. The molecule has 0 spiro atoms. The monoisotopic (exact) mass is 260 g/mol. The molecule has 19 heavy (non-hydrogen) atoms. The van der Waals surface area contributed by atoms with Crippen molar-refractivity contribution >= 4 is 0 Å². The summed E-state index contributed by atoms with van der Waals surface area (Å²) in [4.78, 5) is 4.52. The normalized spacial score (nSPS) is 19.1. The molecule has 0 amide bonds. The molecule has 1 fully saturated rings. The van der Waals surface area contributed by atoms with Gasteiger partial charge in [0.2, 0.25) is 0 Å². The Kier molecular flexibility index (Phi) is 5.84. The minimum Gasteiger partial charge on any atom is -0.327 e. The van der Waals surface area contributed by atoms with E-state index in [4.69, 9.17) is 5.73 Å². The van der Waals surface area contributed by atoms with Crippen molar-refractivity contribution in [1.82, 2.24) is 4.98 Å². The summed E-state index contributed by atoms with van der Waals surface area (Å²) >= 11 is 0. The third-order valence-corrected chi connectivity index (χ3v) is 4.38.